The van der Waals surface area contributed by atoms with Gasteiger partial charge in [0.05, 0.1) is 10.6 Å². The number of cyclic esters (lactones) is 2. The van der Waals surface area contributed by atoms with Crippen molar-refractivity contribution in [2.75, 3.05) is 5.75 Å². The van der Waals surface area contributed by atoms with E-state index in [0.29, 0.717) is 5.57 Å². The molecule has 2 aliphatic rings. The molecule has 1 aromatic carbocycles. The number of esters is 2. The van der Waals surface area contributed by atoms with E-state index in [9.17, 15) is 18.0 Å². The van der Waals surface area contributed by atoms with Gasteiger partial charge < -0.3 is 9.47 Å². The minimum absolute atomic E-state index is 0.0334. The quantitative estimate of drug-likeness (QED) is 0.464. The molecule has 2 fully saturated rings. The second kappa shape index (κ2) is 5.69. The molecule has 1 heterocycles. The van der Waals surface area contributed by atoms with Gasteiger partial charge in [0.25, 0.3) is 5.79 Å². The van der Waals surface area contributed by atoms with Crippen LogP contribution in [0.4, 0.5) is 0 Å². The number of hydrogen-bond acceptors (Lipinski definition) is 6. The van der Waals surface area contributed by atoms with Crippen molar-refractivity contribution in [3.05, 3.63) is 42.5 Å². The van der Waals surface area contributed by atoms with Crippen LogP contribution in [0.3, 0.4) is 0 Å². The zero-order valence-corrected chi connectivity index (χ0v) is 15.0. The van der Waals surface area contributed by atoms with Crippen molar-refractivity contribution in [1.82, 2.24) is 0 Å². The normalized spacial score (nSPS) is 24.9. The monoisotopic (exact) mass is 364 g/mol. The van der Waals surface area contributed by atoms with Gasteiger partial charge in [0.1, 0.15) is 0 Å². The van der Waals surface area contributed by atoms with Crippen molar-refractivity contribution in [2.24, 2.45) is 11.3 Å². The Morgan fingerprint density at radius 1 is 1.12 bits per heavy atom. The Morgan fingerprint density at radius 3 is 2.24 bits per heavy atom. The molecule has 0 bridgehead atoms. The van der Waals surface area contributed by atoms with Crippen molar-refractivity contribution >= 4 is 21.8 Å². The maximum absolute atomic E-state index is 12.6. The van der Waals surface area contributed by atoms with Gasteiger partial charge >= 0.3 is 11.9 Å². The molecule has 0 amide bonds. The van der Waals surface area contributed by atoms with Gasteiger partial charge in [-0.3, -0.25) is 9.59 Å². The summed E-state index contributed by atoms with van der Waals surface area (Å²) in [6.07, 6.45) is 0.0847. The second-order valence-electron chi connectivity index (χ2n) is 7.09. The van der Waals surface area contributed by atoms with Gasteiger partial charge in [0, 0.05) is 13.8 Å². The number of benzene rings is 1. The topological polar surface area (TPSA) is 86.7 Å². The molecular weight excluding hydrogens is 344 g/mol. The first kappa shape index (κ1) is 17.7. The van der Waals surface area contributed by atoms with E-state index < -0.39 is 38.9 Å². The molecule has 1 atom stereocenters. The summed E-state index contributed by atoms with van der Waals surface area (Å²) in [5.41, 5.74) is -0.933. The summed E-state index contributed by atoms with van der Waals surface area (Å²) >= 11 is 0. The molecule has 25 heavy (non-hydrogen) atoms. The zero-order chi connectivity index (χ0) is 18.5. The molecular formula is C18H20O6S. The number of sulfone groups is 1. The number of carbonyl (C=O) groups is 2. The average Bonchev–Trinajstić information content (AvgIpc) is 2.83. The van der Waals surface area contributed by atoms with Crippen LogP contribution in [0.2, 0.25) is 0 Å². The van der Waals surface area contributed by atoms with Crippen molar-refractivity contribution in [3.63, 3.8) is 0 Å². The Bertz CT molecular complexity index is 818. The highest BCUT2D eigenvalue weighted by molar-refractivity contribution is 7.91. The van der Waals surface area contributed by atoms with Crippen molar-refractivity contribution in [1.29, 1.82) is 0 Å². The highest BCUT2D eigenvalue weighted by Gasteiger charge is 2.60. The molecule has 0 aromatic heterocycles. The third kappa shape index (κ3) is 3.08. The lowest BCUT2D eigenvalue weighted by molar-refractivity contribution is -0.250. The van der Waals surface area contributed by atoms with Gasteiger partial charge in [-0.15, -0.1) is 0 Å². The first-order valence-corrected chi connectivity index (χ1v) is 9.63. The second-order valence-corrected chi connectivity index (χ2v) is 9.13. The van der Waals surface area contributed by atoms with Gasteiger partial charge in [0.2, 0.25) is 0 Å². The Hall–Kier alpha value is -2.15. The van der Waals surface area contributed by atoms with Crippen LogP contribution in [0.25, 0.3) is 0 Å². The van der Waals surface area contributed by atoms with Crippen molar-refractivity contribution in [3.8, 4) is 0 Å². The fraction of sp³-hybridized carbons (Fsp3) is 0.444. The average molecular weight is 364 g/mol. The molecule has 7 heteroatoms. The minimum atomic E-state index is -3.55. The lowest BCUT2D eigenvalue weighted by atomic mass is 9.84. The van der Waals surface area contributed by atoms with Crippen LogP contribution < -0.4 is 0 Å². The molecule has 1 spiro atoms. The first-order chi connectivity index (χ1) is 11.6. The minimum Gasteiger partial charge on any atom is -0.422 e. The van der Waals surface area contributed by atoms with E-state index in [2.05, 4.69) is 6.58 Å². The Labute approximate surface area is 146 Å². The van der Waals surface area contributed by atoms with E-state index in [4.69, 9.17) is 9.47 Å². The number of carbonyl (C=O) groups excluding carboxylic acids is 2. The first-order valence-electron chi connectivity index (χ1n) is 7.98. The fourth-order valence-electron chi connectivity index (χ4n) is 3.39. The maximum atomic E-state index is 12.6. The van der Waals surface area contributed by atoms with Crippen LogP contribution >= 0.6 is 0 Å². The molecule has 1 unspecified atom stereocenters. The van der Waals surface area contributed by atoms with Crippen LogP contribution in [-0.2, 0) is 28.9 Å². The highest BCUT2D eigenvalue weighted by Crippen LogP contribution is 2.50. The molecule has 1 aliphatic heterocycles. The smallest absolute Gasteiger partial charge is 0.327 e. The summed E-state index contributed by atoms with van der Waals surface area (Å²) in [5, 5.41) is 0. The van der Waals surface area contributed by atoms with Gasteiger partial charge in [-0.2, -0.15) is 0 Å². The van der Waals surface area contributed by atoms with Gasteiger partial charge in [-0.25, -0.2) is 8.42 Å². The predicted octanol–water partition coefficient (Wildman–Crippen LogP) is 2.25. The van der Waals surface area contributed by atoms with E-state index >= 15 is 0 Å². The Balaban J connectivity index is 1.84. The number of allylic oxidation sites excluding steroid dienone is 1. The van der Waals surface area contributed by atoms with Crippen LogP contribution in [0, 0.1) is 11.3 Å². The predicted molar refractivity (Wildman–Crippen MR) is 89.1 cm³/mol. The lowest BCUT2D eigenvalue weighted by Crippen LogP contribution is -2.52. The molecule has 1 saturated carbocycles. The van der Waals surface area contributed by atoms with E-state index in [1.54, 1.807) is 18.2 Å². The molecule has 1 saturated heterocycles. The summed E-state index contributed by atoms with van der Waals surface area (Å²) in [6.45, 7) is 6.85. The van der Waals surface area contributed by atoms with Crippen LogP contribution in [0.15, 0.2) is 47.4 Å². The Kier molecular flexibility index (Phi) is 4.02. The molecule has 0 N–H and O–H groups in total. The number of ether oxygens (including phenoxy) is 2. The maximum Gasteiger partial charge on any atom is 0.327 e. The summed E-state index contributed by atoms with van der Waals surface area (Å²) in [6, 6.07) is 8.08. The van der Waals surface area contributed by atoms with E-state index in [-0.39, 0.29) is 23.5 Å². The Morgan fingerprint density at radius 2 is 1.68 bits per heavy atom. The van der Waals surface area contributed by atoms with E-state index in [0.717, 1.165) is 0 Å². The number of rotatable bonds is 3. The summed E-state index contributed by atoms with van der Waals surface area (Å²) in [4.78, 5) is 25.1. The van der Waals surface area contributed by atoms with Crippen molar-refractivity contribution < 1.29 is 27.5 Å². The van der Waals surface area contributed by atoms with Gasteiger partial charge in [-0.1, -0.05) is 30.4 Å². The van der Waals surface area contributed by atoms with Crippen LogP contribution in [0.1, 0.15) is 26.7 Å². The molecule has 3 rings (SSSR count). The molecule has 1 aliphatic carbocycles. The fourth-order valence-corrected chi connectivity index (χ4v) is 5.04. The van der Waals surface area contributed by atoms with Gasteiger partial charge in [-0.05, 0) is 30.9 Å². The van der Waals surface area contributed by atoms with Crippen molar-refractivity contribution in [2.45, 2.75) is 37.4 Å². The van der Waals surface area contributed by atoms with E-state index in [1.165, 1.54) is 26.0 Å². The summed E-state index contributed by atoms with van der Waals surface area (Å²) in [5.74, 6) is -3.37. The van der Waals surface area contributed by atoms with Crippen LogP contribution in [-0.4, -0.2) is 31.9 Å². The third-order valence-electron chi connectivity index (χ3n) is 4.68. The third-order valence-corrected chi connectivity index (χ3v) is 6.51. The molecule has 134 valence electrons. The molecule has 1 aromatic rings. The lowest BCUT2D eigenvalue weighted by Gasteiger charge is -2.38. The number of hydrogen-bond donors (Lipinski definition) is 0. The van der Waals surface area contributed by atoms with Gasteiger partial charge in [0.15, 0.2) is 15.3 Å². The highest BCUT2D eigenvalue weighted by atomic mass is 32.2. The largest absolute Gasteiger partial charge is 0.422 e. The SMILES string of the molecule is C=C1CC2(CC1CS(=O)(=O)c1ccccc1)C(=O)OC(C)(C)OC2=O. The van der Waals surface area contributed by atoms with E-state index in [1.807, 2.05) is 0 Å². The summed E-state index contributed by atoms with van der Waals surface area (Å²) in [7, 11) is -3.55. The summed E-state index contributed by atoms with van der Waals surface area (Å²) < 4.78 is 35.6. The molecule has 0 radical (unpaired) electrons. The van der Waals surface area contributed by atoms with Crippen LogP contribution in [0.5, 0.6) is 0 Å². The molecule has 6 nitrogen and oxygen atoms in total. The standard InChI is InChI=1S/C18H20O6S/c1-12-9-18(15(19)23-17(2,3)24-16(18)20)10-13(12)11-25(21,22)14-7-5-4-6-8-14/h4-8,13H,1,9-11H2,2-3H3. The zero-order valence-electron chi connectivity index (χ0n) is 14.2.